The normalized spacial score (nSPS) is 28.4. The highest BCUT2D eigenvalue weighted by atomic mass is 35.5. The molecule has 1 aromatic rings. The Labute approximate surface area is 124 Å². The molecule has 1 atom stereocenters. The average molecular weight is 294 g/mol. The Kier molecular flexibility index (Phi) is 4.24. The minimum Gasteiger partial charge on any atom is -0.354 e. The van der Waals surface area contributed by atoms with E-state index in [1.54, 1.807) is 0 Å². The molecular weight excluding hydrogens is 274 g/mol. The van der Waals surface area contributed by atoms with Crippen molar-refractivity contribution in [3.8, 4) is 0 Å². The van der Waals surface area contributed by atoms with Crippen LogP contribution in [-0.2, 0) is 11.2 Å². The molecule has 20 heavy (non-hydrogen) atoms. The molecule has 0 aromatic heterocycles. The van der Waals surface area contributed by atoms with Crippen molar-refractivity contribution in [2.45, 2.75) is 12.5 Å². The highest BCUT2D eigenvalue weighted by molar-refractivity contribution is 6.30. The first-order valence-corrected chi connectivity index (χ1v) is 7.56. The summed E-state index contributed by atoms with van der Waals surface area (Å²) in [6.07, 6.45) is 0.424. The molecule has 108 valence electrons. The quantitative estimate of drug-likeness (QED) is 0.900. The van der Waals surface area contributed by atoms with Gasteiger partial charge in [-0.1, -0.05) is 23.7 Å². The standard InChI is InChI=1S/C15H20ClN3O/c16-13-3-1-12(2-4-13)9-15(20)17-10-14-11-18-5-7-19(14)8-6-18/h1-4,14H,5-11H2,(H,17,20). The van der Waals surface area contributed by atoms with E-state index in [1.807, 2.05) is 24.3 Å². The number of carbonyl (C=O) groups excluding carboxylic acids is 1. The molecule has 5 heteroatoms. The van der Waals surface area contributed by atoms with Crippen LogP contribution in [0.2, 0.25) is 5.02 Å². The minimum atomic E-state index is 0.0879. The van der Waals surface area contributed by atoms with Crippen molar-refractivity contribution in [1.82, 2.24) is 15.1 Å². The highest BCUT2D eigenvalue weighted by Gasteiger charge is 2.31. The molecule has 3 saturated heterocycles. The lowest BCUT2D eigenvalue weighted by Crippen LogP contribution is -2.63. The maximum atomic E-state index is 12.0. The molecule has 2 bridgehead atoms. The third-order valence-corrected chi connectivity index (χ3v) is 4.46. The zero-order valence-electron chi connectivity index (χ0n) is 11.5. The Bertz CT molecular complexity index is 469. The maximum Gasteiger partial charge on any atom is 0.224 e. The molecule has 1 amide bonds. The minimum absolute atomic E-state index is 0.0879. The Morgan fingerprint density at radius 2 is 1.90 bits per heavy atom. The number of benzene rings is 1. The summed E-state index contributed by atoms with van der Waals surface area (Å²) in [5.41, 5.74) is 1.00. The largest absolute Gasteiger partial charge is 0.354 e. The van der Waals surface area contributed by atoms with E-state index in [0.717, 1.165) is 31.7 Å². The van der Waals surface area contributed by atoms with E-state index in [-0.39, 0.29) is 5.91 Å². The van der Waals surface area contributed by atoms with Gasteiger partial charge in [0.1, 0.15) is 0 Å². The van der Waals surface area contributed by atoms with Gasteiger partial charge in [0.25, 0.3) is 0 Å². The van der Waals surface area contributed by atoms with E-state index in [2.05, 4.69) is 15.1 Å². The van der Waals surface area contributed by atoms with Crippen LogP contribution in [0.1, 0.15) is 5.56 Å². The zero-order valence-corrected chi connectivity index (χ0v) is 12.3. The summed E-state index contributed by atoms with van der Waals surface area (Å²) in [4.78, 5) is 16.9. The summed E-state index contributed by atoms with van der Waals surface area (Å²) in [5, 5.41) is 3.76. The zero-order chi connectivity index (χ0) is 13.9. The van der Waals surface area contributed by atoms with Gasteiger partial charge < -0.3 is 5.32 Å². The van der Waals surface area contributed by atoms with Crippen molar-refractivity contribution in [2.75, 3.05) is 39.3 Å². The van der Waals surface area contributed by atoms with Crippen molar-refractivity contribution < 1.29 is 4.79 Å². The van der Waals surface area contributed by atoms with Crippen molar-refractivity contribution in [1.29, 1.82) is 0 Å². The molecule has 0 aliphatic carbocycles. The number of amides is 1. The smallest absolute Gasteiger partial charge is 0.224 e. The summed E-state index contributed by atoms with van der Waals surface area (Å²) in [7, 11) is 0. The van der Waals surface area contributed by atoms with Gasteiger partial charge in [-0.25, -0.2) is 0 Å². The lowest BCUT2D eigenvalue weighted by molar-refractivity contribution is -0.121. The molecular formula is C15H20ClN3O. The van der Waals surface area contributed by atoms with Crippen LogP contribution in [0, 0.1) is 0 Å². The molecule has 1 unspecified atom stereocenters. The van der Waals surface area contributed by atoms with Crippen LogP contribution >= 0.6 is 11.6 Å². The Hall–Kier alpha value is -1.10. The van der Waals surface area contributed by atoms with E-state index >= 15 is 0 Å². The second-order valence-corrected chi connectivity index (χ2v) is 6.03. The van der Waals surface area contributed by atoms with Crippen molar-refractivity contribution in [2.24, 2.45) is 0 Å². The van der Waals surface area contributed by atoms with E-state index in [1.165, 1.54) is 13.1 Å². The molecule has 3 fully saturated rings. The van der Waals surface area contributed by atoms with E-state index in [9.17, 15) is 4.79 Å². The molecule has 0 radical (unpaired) electrons. The predicted octanol–water partition coefficient (Wildman–Crippen LogP) is 0.998. The molecule has 3 aliphatic rings. The van der Waals surface area contributed by atoms with E-state index < -0.39 is 0 Å². The third kappa shape index (κ3) is 3.32. The first-order valence-electron chi connectivity index (χ1n) is 7.18. The fourth-order valence-electron chi connectivity index (χ4n) is 3.00. The number of hydrogen-bond acceptors (Lipinski definition) is 3. The van der Waals surface area contributed by atoms with Crippen LogP contribution in [0.3, 0.4) is 0 Å². The molecule has 4 nitrogen and oxygen atoms in total. The van der Waals surface area contributed by atoms with Crippen LogP contribution in [-0.4, -0.2) is 61.0 Å². The number of carbonyl (C=O) groups is 1. The Morgan fingerprint density at radius 1 is 1.20 bits per heavy atom. The molecule has 1 N–H and O–H groups in total. The van der Waals surface area contributed by atoms with Gasteiger partial charge >= 0.3 is 0 Å². The van der Waals surface area contributed by atoms with E-state index in [4.69, 9.17) is 11.6 Å². The molecule has 0 saturated carbocycles. The van der Waals surface area contributed by atoms with Crippen LogP contribution in [0.5, 0.6) is 0 Å². The van der Waals surface area contributed by atoms with Gasteiger partial charge in [-0.3, -0.25) is 14.6 Å². The second kappa shape index (κ2) is 6.12. The van der Waals surface area contributed by atoms with Gasteiger partial charge in [0.05, 0.1) is 6.42 Å². The summed E-state index contributed by atoms with van der Waals surface area (Å²) < 4.78 is 0. The van der Waals surface area contributed by atoms with Crippen molar-refractivity contribution >= 4 is 17.5 Å². The summed E-state index contributed by atoms with van der Waals surface area (Å²) in [6, 6.07) is 7.93. The average Bonchev–Trinajstić information content (AvgIpc) is 2.49. The maximum absolute atomic E-state index is 12.0. The van der Waals surface area contributed by atoms with Crippen molar-refractivity contribution in [3.05, 3.63) is 34.9 Å². The topological polar surface area (TPSA) is 35.6 Å². The van der Waals surface area contributed by atoms with Crippen molar-refractivity contribution in [3.63, 3.8) is 0 Å². The fourth-order valence-corrected chi connectivity index (χ4v) is 3.13. The Balaban J connectivity index is 1.46. The SMILES string of the molecule is O=C(Cc1ccc(Cl)cc1)NCC1CN2CCN1CC2. The van der Waals surface area contributed by atoms with Crippen LogP contribution < -0.4 is 5.32 Å². The van der Waals surface area contributed by atoms with Crippen LogP contribution in [0.4, 0.5) is 0 Å². The monoisotopic (exact) mass is 293 g/mol. The van der Waals surface area contributed by atoms with Gasteiger partial charge in [0, 0.05) is 50.3 Å². The van der Waals surface area contributed by atoms with Gasteiger partial charge in [-0.2, -0.15) is 0 Å². The third-order valence-electron chi connectivity index (χ3n) is 4.21. The summed E-state index contributed by atoms with van der Waals surface area (Å²) in [6.45, 7) is 6.46. The van der Waals surface area contributed by atoms with E-state index in [0.29, 0.717) is 17.5 Å². The lowest BCUT2D eigenvalue weighted by atomic mass is 10.1. The molecule has 4 rings (SSSR count). The lowest BCUT2D eigenvalue weighted by Gasteiger charge is -2.47. The van der Waals surface area contributed by atoms with Crippen LogP contribution in [0.15, 0.2) is 24.3 Å². The van der Waals surface area contributed by atoms with Gasteiger partial charge in [-0.15, -0.1) is 0 Å². The summed E-state index contributed by atoms with van der Waals surface area (Å²) >= 11 is 5.84. The van der Waals surface area contributed by atoms with Gasteiger partial charge in [-0.05, 0) is 17.7 Å². The number of nitrogens with zero attached hydrogens (tertiary/aromatic N) is 2. The number of nitrogens with one attached hydrogen (secondary N) is 1. The molecule has 0 spiro atoms. The summed E-state index contributed by atoms with van der Waals surface area (Å²) in [5.74, 6) is 0.0879. The molecule has 3 aliphatic heterocycles. The molecule has 3 heterocycles. The number of hydrogen-bond donors (Lipinski definition) is 1. The van der Waals surface area contributed by atoms with Gasteiger partial charge in [0.2, 0.25) is 5.91 Å². The number of fused-ring (bicyclic) bond motifs is 3. The number of piperazine rings is 3. The Morgan fingerprint density at radius 3 is 2.50 bits per heavy atom. The predicted molar refractivity (Wildman–Crippen MR) is 80.0 cm³/mol. The fraction of sp³-hybridized carbons (Fsp3) is 0.533. The first kappa shape index (κ1) is 13.9. The number of halogens is 1. The van der Waals surface area contributed by atoms with Crippen LogP contribution in [0.25, 0.3) is 0 Å². The van der Waals surface area contributed by atoms with Gasteiger partial charge in [0.15, 0.2) is 0 Å². The second-order valence-electron chi connectivity index (χ2n) is 5.60. The first-order chi connectivity index (χ1) is 9.70. The number of rotatable bonds is 4. The molecule has 1 aromatic carbocycles. The highest BCUT2D eigenvalue weighted by Crippen LogP contribution is 2.15.